The zero-order valence-corrected chi connectivity index (χ0v) is 34.6. The molecule has 1 unspecified atom stereocenters. The molecule has 10 aromatic carbocycles. The van der Waals surface area contributed by atoms with Gasteiger partial charge in [0.1, 0.15) is 22.7 Å². The van der Waals surface area contributed by atoms with E-state index in [9.17, 15) is 0 Å². The summed E-state index contributed by atoms with van der Waals surface area (Å²) in [6, 6.07) is 81.9. The summed E-state index contributed by atoms with van der Waals surface area (Å²) in [5.41, 5.74) is 21.1. The second kappa shape index (κ2) is 13.3. The molecule has 1 aromatic heterocycles. The molecular weight excluding hydrogens is 779 g/mol. The number of ether oxygens (including phenoxy) is 1. The number of rotatable bonds is 3. The van der Waals surface area contributed by atoms with Crippen molar-refractivity contribution in [2.45, 2.75) is 5.41 Å². The molecule has 3 aliphatic rings. The van der Waals surface area contributed by atoms with Crippen LogP contribution < -0.4 is 9.64 Å². The molecule has 2 aliphatic carbocycles. The van der Waals surface area contributed by atoms with Gasteiger partial charge >= 0.3 is 0 Å². The van der Waals surface area contributed by atoms with Crippen molar-refractivity contribution in [1.29, 1.82) is 0 Å². The Balaban J connectivity index is 1.09. The molecule has 11 aromatic rings. The van der Waals surface area contributed by atoms with E-state index in [4.69, 9.17) is 9.15 Å². The summed E-state index contributed by atoms with van der Waals surface area (Å²) in [6.45, 7) is 0. The molecular formula is C61H37NO2. The summed E-state index contributed by atoms with van der Waals surface area (Å²) < 4.78 is 13.2. The van der Waals surface area contributed by atoms with Crippen molar-refractivity contribution in [3.8, 4) is 67.1 Å². The van der Waals surface area contributed by atoms with E-state index < -0.39 is 5.41 Å². The van der Waals surface area contributed by atoms with Crippen LogP contribution >= 0.6 is 0 Å². The van der Waals surface area contributed by atoms with Crippen LogP contribution in [0.1, 0.15) is 22.3 Å². The van der Waals surface area contributed by atoms with Crippen LogP contribution in [0.4, 0.5) is 17.1 Å². The van der Waals surface area contributed by atoms with Gasteiger partial charge in [0.15, 0.2) is 0 Å². The van der Waals surface area contributed by atoms with Crippen LogP contribution in [-0.2, 0) is 5.41 Å². The van der Waals surface area contributed by atoms with Gasteiger partial charge in [-0.15, -0.1) is 0 Å². The van der Waals surface area contributed by atoms with Gasteiger partial charge in [-0.2, -0.15) is 0 Å². The molecule has 2 heterocycles. The fourth-order valence-corrected chi connectivity index (χ4v) is 11.3. The minimum absolute atomic E-state index is 0.685. The van der Waals surface area contributed by atoms with Gasteiger partial charge in [0.05, 0.1) is 5.41 Å². The number of benzene rings is 10. The predicted molar refractivity (Wildman–Crippen MR) is 261 cm³/mol. The van der Waals surface area contributed by atoms with Gasteiger partial charge in [-0.1, -0.05) is 158 Å². The molecule has 0 bridgehead atoms. The number of hydrogen-bond acceptors (Lipinski definition) is 3. The maximum Gasteiger partial charge on any atom is 0.136 e. The maximum absolute atomic E-state index is 6.62. The Morgan fingerprint density at radius 1 is 0.281 bits per heavy atom. The van der Waals surface area contributed by atoms with Gasteiger partial charge in [-0.25, -0.2) is 0 Å². The van der Waals surface area contributed by atoms with Crippen molar-refractivity contribution < 1.29 is 9.15 Å². The van der Waals surface area contributed by atoms with Gasteiger partial charge in [0.25, 0.3) is 0 Å². The van der Waals surface area contributed by atoms with E-state index in [1.165, 1.54) is 55.6 Å². The second-order valence-electron chi connectivity index (χ2n) is 17.1. The zero-order chi connectivity index (χ0) is 41.9. The summed E-state index contributed by atoms with van der Waals surface area (Å²) in [5.74, 6) is 1.70. The Hall–Kier alpha value is -8.40. The van der Waals surface area contributed by atoms with Crippen LogP contribution in [0.25, 0.3) is 77.6 Å². The van der Waals surface area contributed by atoms with Gasteiger partial charge in [-0.05, 0) is 133 Å². The van der Waals surface area contributed by atoms with Crippen LogP contribution in [0, 0.1) is 0 Å². The monoisotopic (exact) mass is 815 g/mol. The molecule has 0 fully saturated rings. The summed E-state index contributed by atoms with van der Waals surface area (Å²) in [4.78, 5) is 2.42. The smallest absolute Gasteiger partial charge is 0.136 e. The molecule has 1 aliphatic heterocycles. The molecule has 3 heteroatoms. The Morgan fingerprint density at radius 3 is 1.50 bits per heavy atom. The lowest BCUT2D eigenvalue weighted by atomic mass is 9.65. The average molecular weight is 816 g/mol. The quantitative estimate of drug-likeness (QED) is 0.178. The maximum atomic E-state index is 6.62. The first-order chi connectivity index (χ1) is 31.7. The average Bonchev–Trinajstić information content (AvgIpc) is 3.78. The SMILES string of the molecule is c1ccc(N(c2ccc3c(c2)-c2ccccc2Oc2ccccc2-3)c2ccc3c(c2)C2(c4ccccc4-c4ccccc4-3)c3ccccc3-c3cc4oc5ccccc5c4cc32)cc1. The van der Waals surface area contributed by atoms with Crippen molar-refractivity contribution in [2.24, 2.45) is 0 Å². The van der Waals surface area contributed by atoms with E-state index in [-0.39, 0.29) is 0 Å². The Kier molecular flexibility index (Phi) is 7.32. The summed E-state index contributed by atoms with van der Waals surface area (Å²) in [7, 11) is 0. The lowest BCUT2D eigenvalue weighted by Crippen LogP contribution is -2.29. The molecule has 0 N–H and O–H groups in total. The standard InChI is InChI=1S/C61H37NO2/c1-2-16-38(17-3-1)62(39-30-32-43-47-22-8-13-27-57(47)63-58-28-14-9-23-48(58)50(43)34-39)40-31-33-46-42-19-5-4-18-41(42)44-20-6-11-25-53(44)61(55(46)35-40)54-26-12-7-21-45(54)51-37-60-52(36-56(51)61)49-24-10-15-29-59(49)64-60/h1-37H. The minimum atomic E-state index is -0.685. The lowest BCUT2D eigenvalue weighted by molar-refractivity contribution is 0.488. The normalized spacial score (nSPS) is 14.8. The van der Waals surface area contributed by atoms with Gasteiger partial charge < -0.3 is 14.1 Å². The number of furan rings is 1. The minimum Gasteiger partial charge on any atom is -0.456 e. The summed E-state index contributed by atoms with van der Waals surface area (Å²) >= 11 is 0. The van der Waals surface area contributed by atoms with E-state index >= 15 is 0 Å². The lowest BCUT2D eigenvalue weighted by Gasteiger charge is -2.36. The largest absolute Gasteiger partial charge is 0.456 e. The molecule has 0 saturated heterocycles. The number of anilines is 3. The first-order valence-electron chi connectivity index (χ1n) is 22.0. The first-order valence-corrected chi connectivity index (χ1v) is 22.0. The van der Waals surface area contributed by atoms with E-state index in [0.29, 0.717) is 0 Å². The molecule has 1 spiro atoms. The number of fused-ring (bicyclic) bond motifs is 20. The van der Waals surface area contributed by atoms with E-state index in [1.54, 1.807) is 0 Å². The Morgan fingerprint density at radius 2 is 0.781 bits per heavy atom. The van der Waals surface area contributed by atoms with Crippen molar-refractivity contribution in [2.75, 3.05) is 4.90 Å². The third-order valence-corrected chi connectivity index (χ3v) is 13.9. The Bertz CT molecular complexity index is 3730. The Labute approximate surface area is 370 Å². The molecule has 298 valence electrons. The van der Waals surface area contributed by atoms with E-state index in [0.717, 1.165) is 72.8 Å². The van der Waals surface area contributed by atoms with E-state index in [2.05, 4.69) is 217 Å². The number of para-hydroxylation sites is 4. The molecule has 64 heavy (non-hydrogen) atoms. The van der Waals surface area contributed by atoms with Gasteiger partial charge in [0, 0.05) is 39.0 Å². The van der Waals surface area contributed by atoms with Crippen LogP contribution in [0.5, 0.6) is 11.5 Å². The highest BCUT2D eigenvalue weighted by Gasteiger charge is 2.50. The molecule has 0 saturated carbocycles. The second-order valence-corrected chi connectivity index (χ2v) is 17.1. The molecule has 14 rings (SSSR count). The zero-order valence-electron chi connectivity index (χ0n) is 34.6. The van der Waals surface area contributed by atoms with Crippen LogP contribution in [0.15, 0.2) is 229 Å². The third-order valence-electron chi connectivity index (χ3n) is 13.9. The fourth-order valence-electron chi connectivity index (χ4n) is 11.3. The highest BCUT2D eigenvalue weighted by Crippen LogP contribution is 2.63. The molecule has 0 amide bonds. The first kappa shape index (κ1) is 35.2. The van der Waals surface area contributed by atoms with Gasteiger partial charge in [0.2, 0.25) is 0 Å². The molecule has 1 atom stereocenters. The van der Waals surface area contributed by atoms with Crippen LogP contribution in [0.2, 0.25) is 0 Å². The highest BCUT2D eigenvalue weighted by atomic mass is 16.5. The third kappa shape index (κ3) is 4.81. The van der Waals surface area contributed by atoms with Crippen LogP contribution in [0.3, 0.4) is 0 Å². The highest BCUT2D eigenvalue weighted by molar-refractivity contribution is 6.09. The van der Waals surface area contributed by atoms with E-state index in [1.807, 2.05) is 12.1 Å². The topological polar surface area (TPSA) is 25.6 Å². The predicted octanol–water partition coefficient (Wildman–Crippen LogP) is 16.5. The summed E-state index contributed by atoms with van der Waals surface area (Å²) in [6.07, 6.45) is 0. The van der Waals surface area contributed by atoms with Crippen molar-refractivity contribution in [3.05, 3.63) is 247 Å². The van der Waals surface area contributed by atoms with Crippen molar-refractivity contribution in [1.82, 2.24) is 0 Å². The number of hydrogen-bond donors (Lipinski definition) is 0. The fraction of sp³-hybridized carbons (Fsp3) is 0.0164. The molecule has 0 radical (unpaired) electrons. The summed E-state index contributed by atoms with van der Waals surface area (Å²) in [5, 5.41) is 2.25. The van der Waals surface area contributed by atoms with Gasteiger partial charge in [-0.3, -0.25) is 0 Å². The van der Waals surface area contributed by atoms with Crippen molar-refractivity contribution >= 4 is 39.0 Å². The van der Waals surface area contributed by atoms with Crippen molar-refractivity contribution in [3.63, 3.8) is 0 Å². The van der Waals surface area contributed by atoms with Crippen LogP contribution in [-0.4, -0.2) is 0 Å². The number of nitrogens with zero attached hydrogens (tertiary/aromatic N) is 1. The molecule has 3 nitrogen and oxygen atoms in total.